The van der Waals surface area contributed by atoms with Gasteiger partial charge in [0.05, 0.1) is 5.56 Å². The zero-order chi connectivity index (χ0) is 15.3. The molecule has 4 aliphatic rings. The molecule has 4 fully saturated rings. The predicted octanol–water partition coefficient (Wildman–Crippen LogP) is 2.43. The molecular weight excluding hydrogens is 280 g/mol. The smallest absolute Gasteiger partial charge is 0.354 e. The highest BCUT2D eigenvalue weighted by atomic mass is 16.4. The van der Waals surface area contributed by atoms with Crippen molar-refractivity contribution in [3.05, 3.63) is 29.6 Å². The van der Waals surface area contributed by atoms with Crippen LogP contribution >= 0.6 is 0 Å². The molecule has 2 saturated heterocycles. The lowest BCUT2D eigenvalue weighted by Crippen LogP contribution is -2.42. The van der Waals surface area contributed by atoms with Gasteiger partial charge in [0.2, 0.25) is 0 Å². The van der Waals surface area contributed by atoms with Crippen molar-refractivity contribution in [3.63, 3.8) is 0 Å². The lowest BCUT2D eigenvalue weighted by molar-refractivity contribution is 0.0628. The first kappa shape index (κ1) is 13.7. The Labute approximate surface area is 129 Å². The third-order valence-corrected chi connectivity index (χ3v) is 5.60. The van der Waals surface area contributed by atoms with Gasteiger partial charge in [0.25, 0.3) is 5.91 Å². The first-order valence-corrected chi connectivity index (χ1v) is 8.10. The van der Waals surface area contributed by atoms with Gasteiger partial charge in [-0.1, -0.05) is 0 Å². The number of hydrogen-bond acceptors (Lipinski definition) is 3. The molecule has 1 aromatic rings. The van der Waals surface area contributed by atoms with Crippen molar-refractivity contribution < 1.29 is 14.7 Å². The first-order chi connectivity index (χ1) is 10.6. The molecule has 2 aliphatic carbocycles. The van der Waals surface area contributed by atoms with Crippen molar-refractivity contribution in [2.45, 2.75) is 38.1 Å². The zero-order valence-electron chi connectivity index (χ0n) is 12.4. The van der Waals surface area contributed by atoms with Crippen LogP contribution in [0.25, 0.3) is 0 Å². The highest BCUT2D eigenvalue weighted by Crippen LogP contribution is 2.47. The monoisotopic (exact) mass is 300 g/mol. The number of carbonyl (C=O) groups excluding carboxylic acids is 1. The molecule has 0 spiro atoms. The van der Waals surface area contributed by atoms with Crippen LogP contribution < -0.4 is 0 Å². The van der Waals surface area contributed by atoms with E-state index in [0.717, 1.165) is 31.2 Å². The van der Waals surface area contributed by atoms with E-state index in [4.69, 9.17) is 5.11 Å². The van der Waals surface area contributed by atoms with Crippen LogP contribution in [-0.4, -0.2) is 39.5 Å². The topological polar surface area (TPSA) is 70.5 Å². The average molecular weight is 300 g/mol. The van der Waals surface area contributed by atoms with Crippen LogP contribution in [0.4, 0.5) is 0 Å². The predicted molar refractivity (Wildman–Crippen MR) is 79.6 cm³/mol. The van der Waals surface area contributed by atoms with Crippen LogP contribution in [0.15, 0.2) is 18.3 Å². The van der Waals surface area contributed by atoms with Gasteiger partial charge in [-0.2, -0.15) is 0 Å². The van der Waals surface area contributed by atoms with E-state index in [-0.39, 0.29) is 11.6 Å². The molecule has 1 aromatic heterocycles. The normalized spacial score (nSPS) is 32.8. The summed E-state index contributed by atoms with van der Waals surface area (Å²) in [6.07, 6.45) is 7.57. The van der Waals surface area contributed by atoms with Crippen molar-refractivity contribution in [3.8, 4) is 0 Å². The first-order valence-electron chi connectivity index (χ1n) is 8.10. The number of aromatic nitrogens is 1. The number of amides is 1. The summed E-state index contributed by atoms with van der Waals surface area (Å²) >= 11 is 0. The van der Waals surface area contributed by atoms with E-state index >= 15 is 0 Å². The highest BCUT2D eigenvalue weighted by molar-refractivity contribution is 5.95. The van der Waals surface area contributed by atoms with Crippen molar-refractivity contribution in [2.75, 3.05) is 6.54 Å². The molecule has 2 saturated carbocycles. The van der Waals surface area contributed by atoms with Gasteiger partial charge in [-0.25, -0.2) is 9.78 Å². The number of aromatic carboxylic acids is 1. The Balaban J connectivity index is 1.58. The summed E-state index contributed by atoms with van der Waals surface area (Å²) in [7, 11) is 0. The number of carboxylic acid groups (broad SMARTS) is 1. The third kappa shape index (κ3) is 2.28. The summed E-state index contributed by atoms with van der Waals surface area (Å²) in [6, 6.07) is 3.37. The molecule has 3 heterocycles. The van der Waals surface area contributed by atoms with Crippen LogP contribution in [0.1, 0.15) is 53.0 Å². The molecule has 0 radical (unpaired) electrons. The van der Waals surface area contributed by atoms with Gasteiger partial charge in [0, 0.05) is 18.8 Å². The van der Waals surface area contributed by atoms with Gasteiger partial charge in [-0.3, -0.25) is 4.79 Å². The molecule has 22 heavy (non-hydrogen) atoms. The Morgan fingerprint density at radius 2 is 1.73 bits per heavy atom. The summed E-state index contributed by atoms with van der Waals surface area (Å²) in [4.78, 5) is 29.6. The number of carboxylic acids is 1. The van der Waals surface area contributed by atoms with Gasteiger partial charge in [-0.05, 0) is 62.0 Å². The second-order valence-corrected chi connectivity index (χ2v) is 7.13. The number of hydrogen-bond donors (Lipinski definition) is 1. The van der Waals surface area contributed by atoms with E-state index in [0.29, 0.717) is 17.5 Å². The molecule has 1 N–H and O–H groups in total. The molecular formula is C17H20N2O3. The van der Waals surface area contributed by atoms with Crippen LogP contribution in [0.3, 0.4) is 0 Å². The highest BCUT2D eigenvalue weighted by Gasteiger charge is 2.44. The fraction of sp³-hybridized carbons (Fsp3) is 0.588. The average Bonchev–Trinajstić information content (AvgIpc) is 2.70. The van der Waals surface area contributed by atoms with E-state index in [9.17, 15) is 9.59 Å². The van der Waals surface area contributed by atoms with Gasteiger partial charge in [-0.15, -0.1) is 0 Å². The van der Waals surface area contributed by atoms with Gasteiger partial charge in [0.15, 0.2) is 0 Å². The maximum atomic E-state index is 12.8. The third-order valence-electron chi connectivity index (χ3n) is 5.60. The van der Waals surface area contributed by atoms with Crippen LogP contribution in [0.2, 0.25) is 0 Å². The Bertz CT molecular complexity index is 599. The second kappa shape index (κ2) is 5.07. The Morgan fingerprint density at radius 1 is 1.05 bits per heavy atom. The van der Waals surface area contributed by atoms with Crippen molar-refractivity contribution in [2.24, 2.45) is 17.8 Å². The Morgan fingerprint density at radius 3 is 2.32 bits per heavy atom. The molecule has 2 aliphatic heterocycles. The minimum atomic E-state index is -1.07. The zero-order valence-corrected chi connectivity index (χ0v) is 12.4. The van der Waals surface area contributed by atoms with E-state index in [1.165, 1.54) is 31.5 Å². The van der Waals surface area contributed by atoms with E-state index in [1.54, 1.807) is 6.07 Å². The van der Waals surface area contributed by atoms with Crippen LogP contribution in [0.5, 0.6) is 0 Å². The number of nitrogens with zero attached hydrogens (tertiary/aromatic N) is 2. The molecule has 5 rings (SSSR count). The fourth-order valence-electron chi connectivity index (χ4n) is 4.85. The minimum absolute atomic E-state index is 0.0163. The van der Waals surface area contributed by atoms with Crippen molar-refractivity contribution in [1.82, 2.24) is 9.88 Å². The number of fused-ring (bicyclic) bond motifs is 1. The van der Waals surface area contributed by atoms with Gasteiger partial charge >= 0.3 is 5.97 Å². The second-order valence-electron chi connectivity index (χ2n) is 7.13. The molecule has 2 unspecified atom stereocenters. The number of carbonyl (C=O) groups is 2. The molecule has 1 amide bonds. The van der Waals surface area contributed by atoms with Gasteiger partial charge in [0.1, 0.15) is 5.69 Å². The largest absolute Gasteiger partial charge is 0.477 e. The standard InChI is InChI=1S/C17H20N2O3/c20-16(13-1-2-15(17(21)22)18-8-13)19-9-12-4-10-3-11(5-12)7-14(19)6-10/h1-2,8,10-12,14H,3-7,9H2,(H,21,22). The summed E-state index contributed by atoms with van der Waals surface area (Å²) < 4.78 is 0. The molecule has 0 aromatic carbocycles. The molecule has 116 valence electrons. The fourth-order valence-corrected chi connectivity index (χ4v) is 4.85. The molecule has 5 heteroatoms. The molecule has 2 atom stereocenters. The Hall–Kier alpha value is -1.91. The van der Waals surface area contributed by atoms with E-state index < -0.39 is 5.97 Å². The van der Waals surface area contributed by atoms with E-state index in [2.05, 4.69) is 4.98 Å². The van der Waals surface area contributed by atoms with Crippen LogP contribution in [0, 0.1) is 17.8 Å². The van der Waals surface area contributed by atoms with Crippen LogP contribution in [-0.2, 0) is 0 Å². The Kier molecular flexibility index (Phi) is 3.17. The number of pyridine rings is 1. The summed E-state index contributed by atoms with van der Waals surface area (Å²) in [5.41, 5.74) is 0.485. The van der Waals surface area contributed by atoms with Crippen molar-refractivity contribution in [1.29, 1.82) is 0 Å². The SMILES string of the molecule is O=C(O)c1ccc(C(=O)N2CC3CC4CC(C3)CC2C4)cn1. The van der Waals surface area contributed by atoms with E-state index in [1.807, 2.05) is 4.90 Å². The maximum Gasteiger partial charge on any atom is 0.354 e. The lowest BCUT2D eigenvalue weighted by atomic mass is 9.68. The maximum absolute atomic E-state index is 12.8. The quantitative estimate of drug-likeness (QED) is 0.910. The number of rotatable bonds is 2. The van der Waals surface area contributed by atoms with Gasteiger partial charge < -0.3 is 10.0 Å². The molecule has 5 nitrogen and oxygen atoms in total. The summed E-state index contributed by atoms with van der Waals surface area (Å²) in [5.74, 6) is 1.19. The summed E-state index contributed by atoms with van der Waals surface area (Å²) in [5, 5.41) is 8.90. The van der Waals surface area contributed by atoms with Crippen molar-refractivity contribution >= 4 is 11.9 Å². The summed E-state index contributed by atoms with van der Waals surface area (Å²) in [6.45, 7) is 0.858. The minimum Gasteiger partial charge on any atom is -0.477 e. The molecule has 4 bridgehead atoms. The lowest BCUT2D eigenvalue weighted by Gasteiger charge is -2.39.